The van der Waals surface area contributed by atoms with Gasteiger partial charge >= 0.3 is 0 Å². The van der Waals surface area contributed by atoms with E-state index in [2.05, 4.69) is 10.9 Å². The van der Waals surface area contributed by atoms with Crippen LogP contribution in [0.2, 0.25) is 0 Å². The zero-order chi connectivity index (χ0) is 15.6. The van der Waals surface area contributed by atoms with Crippen LogP contribution in [0.3, 0.4) is 0 Å². The molecule has 0 aliphatic carbocycles. The molecule has 1 aromatic carbocycles. The second-order valence-corrected chi connectivity index (χ2v) is 4.85. The first-order valence-electron chi connectivity index (χ1n) is 6.45. The lowest BCUT2D eigenvalue weighted by Crippen LogP contribution is -2.63. The molecule has 0 aromatic heterocycles. The van der Waals surface area contributed by atoms with Gasteiger partial charge in [0.25, 0.3) is 5.91 Å². The molecule has 1 aliphatic rings. The van der Waals surface area contributed by atoms with E-state index in [0.717, 1.165) is 0 Å². The number of aromatic hydroxyl groups is 1. The van der Waals surface area contributed by atoms with Crippen molar-refractivity contribution in [2.45, 2.75) is 37.6 Å². The minimum Gasteiger partial charge on any atom is -0.507 e. The third kappa shape index (κ3) is 3.31. The summed E-state index contributed by atoms with van der Waals surface area (Å²) < 4.78 is 5.25. The number of hydrogen-bond acceptors (Lipinski definition) is 7. The van der Waals surface area contributed by atoms with E-state index in [4.69, 9.17) is 4.74 Å². The van der Waals surface area contributed by atoms with Gasteiger partial charge in [0.1, 0.15) is 24.1 Å². The highest BCUT2D eigenvalue weighted by atomic mass is 16.5. The summed E-state index contributed by atoms with van der Waals surface area (Å²) in [5.41, 5.74) is 4.74. The van der Waals surface area contributed by atoms with E-state index in [0.29, 0.717) is 0 Å². The highest BCUT2D eigenvalue weighted by Crippen LogP contribution is 2.19. The first kappa shape index (κ1) is 15.7. The van der Waals surface area contributed by atoms with E-state index in [1.54, 1.807) is 12.1 Å². The van der Waals surface area contributed by atoms with Gasteiger partial charge in [0.05, 0.1) is 11.7 Å². The Morgan fingerprint density at radius 1 is 1.14 bits per heavy atom. The number of benzene rings is 1. The number of hydrazine groups is 1. The average Bonchev–Trinajstić information content (AvgIpc) is 2.47. The van der Waals surface area contributed by atoms with Gasteiger partial charge in [-0.15, -0.1) is 0 Å². The smallest absolute Gasteiger partial charge is 0.269 e. The Morgan fingerprint density at radius 2 is 1.81 bits per heavy atom. The van der Waals surface area contributed by atoms with Gasteiger partial charge in [0.15, 0.2) is 6.23 Å². The van der Waals surface area contributed by atoms with E-state index in [-0.39, 0.29) is 11.3 Å². The number of phenols is 1. The van der Waals surface area contributed by atoms with Crippen molar-refractivity contribution in [3.05, 3.63) is 29.8 Å². The second kappa shape index (κ2) is 6.37. The lowest BCUT2D eigenvalue weighted by Gasteiger charge is -2.39. The number of aliphatic hydroxyl groups excluding tert-OH is 3. The van der Waals surface area contributed by atoms with Crippen LogP contribution < -0.4 is 10.9 Å². The standard InChI is InChI=1S/C13H18N2O6/c1-6-9(17)10(18)11(19)13(21-6)15-14-12(20)7-4-2-3-5-8(7)16/h2-6,9-11,13,15-19H,1H3,(H,14,20)/t6-,9-,10-,11+,13-/m0/s1. The highest BCUT2D eigenvalue weighted by molar-refractivity contribution is 5.96. The van der Waals surface area contributed by atoms with Crippen LogP contribution in [-0.2, 0) is 4.74 Å². The fraction of sp³-hybridized carbons (Fsp3) is 0.462. The molecule has 8 heteroatoms. The molecule has 0 unspecified atom stereocenters. The van der Waals surface area contributed by atoms with E-state index < -0.39 is 36.6 Å². The third-order valence-corrected chi connectivity index (χ3v) is 3.33. The maximum absolute atomic E-state index is 11.9. The lowest BCUT2D eigenvalue weighted by molar-refractivity contribution is -0.226. The van der Waals surface area contributed by atoms with Crippen molar-refractivity contribution < 1.29 is 30.0 Å². The fourth-order valence-corrected chi connectivity index (χ4v) is 2.04. The number of carbonyl (C=O) groups excluding carboxylic acids is 1. The molecule has 1 aliphatic heterocycles. The Labute approximate surface area is 121 Å². The summed E-state index contributed by atoms with van der Waals surface area (Å²) in [6, 6.07) is 5.95. The van der Waals surface area contributed by atoms with Crippen LogP contribution in [0.5, 0.6) is 5.75 Å². The van der Waals surface area contributed by atoms with Gasteiger partial charge < -0.3 is 25.2 Å². The number of ether oxygens (including phenoxy) is 1. The predicted molar refractivity (Wildman–Crippen MR) is 71.1 cm³/mol. The van der Waals surface area contributed by atoms with Crippen molar-refractivity contribution in [3.63, 3.8) is 0 Å². The first-order valence-corrected chi connectivity index (χ1v) is 6.45. The van der Waals surface area contributed by atoms with Crippen LogP contribution in [0.4, 0.5) is 0 Å². The molecule has 1 saturated heterocycles. The molecule has 6 N–H and O–H groups in total. The minimum atomic E-state index is -1.42. The molecular weight excluding hydrogens is 280 g/mol. The van der Waals surface area contributed by atoms with E-state index >= 15 is 0 Å². The Balaban J connectivity index is 1.97. The topological polar surface area (TPSA) is 131 Å². The maximum atomic E-state index is 11.9. The minimum absolute atomic E-state index is 0.0453. The Morgan fingerprint density at radius 3 is 2.48 bits per heavy atom. The molecule has 1 aromatic rings. The SMILES string of the molecule is C[C@@H]1O[C@H](NNC(=O)c2ccccc2O)[C@H](O)[C@@H](O)[C@H]1O. The summed E-state index contributed by atoms with van der Waals surface area (Å²) in [5.74, 6) is -0.817. The van der Waals surface area contributed by atoms with Gasteiger partial charge in [0.2, 0.25) is 0 Å². The molecule has 1 fully saturated rings. The van der Waals surface area contributed by atoms with E-state index in [1.807, 2.05) is 0 Å². The molecule has 0 saturated carbocycles. The second-order valence-electron chi connectivity index (χ2n) is 4.85. The van der Waals surface area contributed by atoms with Crippen LogP contribution in [0, 0.1) is 0 Å². The van der Waals surface area contributed by atoms with Gasteiger partial charge in [-0.3, -0.25) is 10.2 Å². The van der Waals surface area contributed by atoms with E-state index in [9.17, 15) is 25.2 Å². The van der Waals surface area contributed by atoms with Crippen molar-refractivity contribution in [1.82, 2.24) is 10.9 Å². The van der Waals surface area contributed by atoms with Gasteiger partial charge in [-0.05, 0) is 19.1 Å². The molecule has 8 nitrogen and oxygen atoms in total. The van der Waals surface area contributed by atoms with Gasteiger partial charge in [0, 0.05) is 0 Å². The van der Waals surface area contributed by atoms with Crippen LogP contribution >= 0.6 is 0 Å². The number of aliphatic hydroxyl groups is 3. The average molecular weight is 298 g/mol. The normalized spacial score (nSPS) is 32.7. The monoisotopic (exact) mass is 298 g/mol. The van der Waals surface area contributed by atoms with Crippen molar-refractivity contribution in [1.29, 1.82) is 0 Å². The lowest BCUT2D eigenvalue weighted by atomic mass is 9.99. The molecule has 1 amide bonds. The molecule has 5 atom stereocenters. The molecular formula is C13H18N2O6. The van der Waals surface area contributed by atoms with Gasteiger partial charge in [-0.2, -0.15) is 0 Å². The molecule has 2 rings (SSSR count). The van der Waals surface area contributed by atoms with Crippen LogP contribution in [-0.4, -0.2) is 57.0 Å². The Bertz CT molecular complexity index is 511. The highest BCUT2D eigenvalue weighted by Gasteiger charge is 2.41. The summed E-state index contributed by atoms with van der Waals surface area (Å²) in [6.45, 7) is 1.53. The molecule has 116 valence electrons. The number of para-hydroxylation sites is 1. The first-order chi connectivity index (χ1) is 9.91. The number of rotatable bonds is 3. The molecule has 1 heterocycles. The summed E-state index contributed by atoms with van der Waals surface area (Å²) in [5, 5.41) is 38.5. The summed E-state index contributed by atoms with van der Waals surface area (Å²) in [4.78, 5) is 11.9. The maximum Gasteiger partial charge on any atom is 0.269 e. The Kier molecular flexibility index (Phi) is 4.76. The zero-order valence-corrected chi connectivity index (χ0v) is 11.3. The number of amides is 1. The molecule has 21 heavy (non-hydrogen) atoms. The molecule has 0 radical (unpaired) electrons. The van der Waals surface area contributed by atoms with Gasteiger partial charge in [-0.1, -0.05) is 12.1 Å². The van der Waals surface area contributed by atoms with Crippen molar-refractivity contribution in [3.8, 4) is 5.75 Å². The van der Waals surface area contributed by atoms with Gasteiger partial charge in [-0.25, -0.2) is 5.43 Å². The Hall–Kier alpha value is -1.71. The van der Waals surface area contributed by atoms with E-state index in [1.165, 1.54) is 19.1 Å². The summed E-state index contributed by atoms with van der Waals surface area (Å²) in [7, 11) is 0. The third-order valence-electron chi connectivity index (χ3n) is 3.33. The fourth-order valence-electron chi connectivity index (χ4n) is 2.04. The largest absolute Gasteiger partial charge is 0.507 e. The van der Waals surface area contributed by atoms with Crippen molar-refractivity contribution in [2.24, 2.45) is 0 Å². The summed E-state index contributed by atoms with van der Waals surface area (Å²) in [6.07, 6.45) is -5.84. The van der Waals surface area contributed by atoms with Crippen LogP contribution in [0.25, 0.3) is 0 Å². The number of phenolic OH excluding ortho intramolecular Hbond substituents is 1. The van der Waals surface area contributed by atoms with Crippen molar-refractivity contribution >= 4 is 5.91 Å². The van der Waals surface area contributed by atoms with Crippen molar-refractivity contribution in [2.75, 3.05) is 0 Å². The molecule has 0 bridgehead atoms. The number of nitrogens with one attached hydrogen (secondary N) is 2. The summed E-state index contributed by atoms with van der Waals surface area (Å²) >= 11 is 0. The van der Waals surface area contributed by atoms with Crippen LogP contribution in [0.1, 0.15) is 17.3 Å². The quantitative estimate of drug-likeness (QED) is 0.373. The number of hydrogen-bond donors (Lipinski definition) is 6. The number of carbonyl (C=O) groups is 1. The molecule has 0 spiro atoms. The zero-order valence-electron chi connectivity index (χ0n) is 11.3. The predicted octanol–water partition coefficient (Wildman–Crippen LogP) is -1.55. The van der Waals surface area contributed by atoms with Crippen LogP contribution in [0.15, 0.2) is 24.3 Å².